The number of anilines is 1. The second-order valence-corrected chi connectivity index (χ2v) is 4.61. The largest absolute Gasteiger partial charge is 0.351 e. The number of hydrogen-bond acceptors (Lipinski definition) is 4. The molecule has 1 saturated carbocycles. The van der Waals surface area contributed by atoms with E-state index in [1.807, 2.05) is 0 Å². The molecule has 0 spiro atoms. The molecule has 0 atom stereocenters. The first-order valence-electron chi connectivity index (χ1n) is 5.90. The van der Waals surface area contributed by atoms with Gasteiger partial charge < -0.3 is 10.7 Å². The Bertz CT molecular complexity index is 397. The minimum absolute atomic E-state index is 0.0687. The van der Waals surface area contributed by atoms with Gasteiger partial charge in [-0.2, -0.15) is 0 Å². The van der Waals surface area contributed by atoms with E-state index in [0.717, 1.165) is 13.0 Å². The van der Waals surface area contributed by atoms with Crippen LogP contribution in [0.25, 0.3) is 0 Å². The van der Waals surface area contributed by atoms with Gasteiger partial charge in [-0.15, -0.1) is 0 Å². The van der Waals surface area contributed by atoms with E-state index in [1.165, 1.54) is 19.0 Å². The predicted molar refractivity (Wildman–Crippen MR) is 66.3 cm³/mol. The molecule has 0 aliphatic heterocycles. The van der Waals surface area contributed by atoms with Crippen LogP contribution >= 0.6 is 0 Å². The molecule has 0 bridgehead atoms. The van der Waals surface area contributed by atoms with Gasteiger partial charge in [0.2, 0.25) is 0 Å². The number of nitrogen functional groups attached to an aromatic ring is 1. The molecule has 0 saturated heterocycles. The summed E-state index contributed by atoms with van der Waals surface area (Å²) in [6, 6.07) is 3.39. The number of rotatable bonds is 5. The van der Waals surface area contributed by atoms with Crippen molar-refractivity contribution in [2.75, 3.05) is 12.0 Å². The number of amides is 1. The number of hydrogen-bond donors (Lipinski definition) is 3. The van der Waals surface area contributed by atoms with Gasteiger partial charge in [-0.1, -0.05) is 6.92 Å². The van der Waals surface area contributed by atoms with E-state index in [9.17, 15) is 4.79 Å². The normalized spacial score (nSPS) is 16.4. The van der Waals surface area contributed by atoms with Crippen molar-refractivity contribution in [1.29, 1.82) is 0 Å². The van der Waals surface area contributed by atoms with Crippen LogP contribution in [-0.4, -0.2) is 17.4 Å². The fraction of sp³-hybridized carbons (Fsp3) is 0.500. The third kappa shape index (κ3) is 2.74. The number of pyridine rings is 1. The number of aromatic nitrogens is 1. The summed E-state index contributed by atoms with van der Waals surface area (Å²) in [6.07, 6.45) is 5.09. The highest BCUT2D eigenvalue weighted by Gasteiger charge is 2.40. The summed E-state index contributed by atoms with van der Waals surface area (Å²) >= 11 is 0. The van der Waals surface area contributed by atoms with Crippen molar-refractivity contribution in [2.45, 2.75) is 26.2 Å². The van der Waals surface area contributed by atoms with E-state index in [-0.39, 0.29) is 5.91 Å². The molecule has 1 aromatic heterocycles. The van der Waals surface area contributed by atoms with E-state index in [0.29, 0.717) is 16.8 Å². The lowest BCUT2D eigenvalue weighted by molar-refractivity contribution is 0.0944. The first-order valence-corrected chi connectivity index (χ1v) is 5.90. The molecule has 1 aromatic rings. The van der Waals surface area contributed by atoms with Crippen LogP contribution < -0.4 is 16.6 Å². The lowest BCUT2D eigenvalue weighted by Crippen LogP contribution is -2.30. The molecule has 92 valence electrons. The summed E-state index contributed by atoms with van der Waals surface area (Å²) in [7, 11) is 0. The molecular formula is C12H18N4O. The first-order chi connectivity index (χ1) is 8.19. The summed E-state index contributed by atoms with van der Waals surface area (Å²) in [6.45, 7) is 2.93. The van der Waals surface area contributed by atoms with Crippen molar-refractivity contribution in [2.24, 2.45) is 11.3 Å². The highest BCUT2D eigenvalue weighted by Crippen LogP contribution is 2.47. The van der Waals surface area contributed by atoms with E-state index in [4.69, 9.17) is 5.84 Å². The summed E-state index contributed by atoms with van der Waals surface area (Å²) in [5.74, 6) is 5.69. The number of nitrogens with one attached hydrogen (secondary N) is 2. The quantitative estimate of drug-likeness (QED) is 0.529. The minimum Gasteiger partial charge on any atom is -0.351 e. The fourth-order valence-corrected chi connectivity index (χ4v) is 1.82. The van der Waals surface area contributed by atoms with Gasteiger partial charge in [-0.05, 0) is 36.8 Å². The second-order valence-electron chi connectivity index (χ2n) is 4.61. The van der Waals surface area contributed by atoms with Gasteiger partial charge in [0.25, 0.3) is 5.91 Å². The third-order valence-corrected chi connectivity index (χ3v) is 3.50. The molecule has 2 rings (SSSR count). The monoisotopic (exact) mass is 234 g/mol. The van der Waals surface area contributed by atoms with Gasteiger partial charge >= 0.3 is 0 Å². The first kappa shape index (κ1) is 11.9. The van der Waals surface area contributed by atoms with Crippen molar-refractivity contribution in [1.82, 2.24) is 10.3 Å². The zero-order chi connectivity index (χ0) is 12.3. The molecule has 1 fully saturated rings. The van der Waals surface area contributed by atoms with Gasteiger partial charge in [0, 0.05) is 12.7 Å². The summed E-state index contributed by atoms with van der Waals surface area (Å²) < 4.78 is 0. The van der Waals surface area contributed by atoms with Crippen molar-refractivity contribution in [3.63, 3.8) is 0 Å². The van der Waals surface area contributed by atoms with Gasteiger partial charge in [0.15, 0.2) is 0 Å². The highest BCUT2D eigenvalue weighted by atomic mass is 16.1. The Balaban J connectivity index is 1.90. The Kier molecular flexibility index (Phi) is 3.28. The maximum absolute atomic E-state index is 11.8. The van der Waals surface area contributed by atoms with Crippen LogP contribution in [-0.2, 0) is 0 Å². The topological polar surface area (TPSA) is 80.0 Å². The van der Waals surface area contributed by atoms with Gasteiger partial charge in [-0.3, -0.25) is 4.79 Å². The molecular weight excluding hydrogens is 216 g/mol. The van der Waals surface area contributed by atoms with Crippen molar-refractivity contribution in [3.05, 3.63) is 23.9 Å². The Labute approximate surface area is 101 Å². The fourth-order valence-electron chi connectivity index (χ4n) is 1.82. The Hall–Kier alpha value is -1.62. The number of carbonyl (C=O) groups is 1. The summed E-state index contributed by atoms with van der Waals surface area (Å²) in [5, 5.41) is 2.96. The average molecular weight is 234 g/mol. The molecule has 1 aliphatic rings. The van der Waals surface area contributed by atoms with Gasteiger partial charge in [-0.25, -0.2) is 10.8 Å². The van der Waals surface area contributed by atoms with Gasteiger partial charge in [0.05, 0.1) is 5.56 Å². The van der Waals surface area contributed by atoms with E-state index >= 15 is 0 Å². The number of nitrogens with two attached hydrogens (primary N) is 1. The third-order valence-electron chi connectivity index (χ3n) is 3.50. The van der Waals surface area contributed by atoms with Crippen LogP contribution in [0, 0.1) is 5.41 Å². The standard InChI is InChI=1S/C12H18N4O/c1-2-12(5-6-12)8-15-11(17)9-3-4-10(16-13)14-7-9/h3-4,7H,2,5-6,8,13H2,1H3,(H,14,16)(H,15,17). The lowest BCUT2D eigenvalue weighted by atomic mass is 10.0. The minimum atomic E-state index is -0.0687. The van der Waals surface area contributed by atoms with Crippen LogP contribution in [0.1, 0.15) is 36.5 Å². The Morgan fingerprint density at radius 1 is 1.53 bits per heavy atom. The van der Waals surface area contributed by atoms with E-state index < -0.39 is 0 Å². The van der Waals surface area contributed by atoms with Gasteiger partial charge in [0.1, 0.15) is 5.82 Å². The highest BCUT2D eigenvalue weighted by molar-refractivity contribution is 5.94. The summed E-state index contributed by atoms with van der Waals surface area (Å²) in [4.78, 5) is 15.8. The molecule has 17 heavy (non-hydrogen) atoms. The van der Waals surface area contributed by atoms with Crippen molar-refractivity contribution >= 4 is 11.7 Å². The molecule has 5 heteroatoms. The smallest absolute Gasteiger partial charge is 0.252 e. The number of nitrogens with zero attached hydrogens (tertiary/aromatic N) is 1. The molecule has 4 N–H and O–H groups in total. The number of hydrazine groups is 1. The molecule has 0 unspecified atom stereocenters. The van der Waals surface area contributed by atoms with Crippen LogP contribution in [0.2, 0.25) is 0 Å². The maximum Gasteiger partial charge on any atom is 0.252 e. The molecule has 5 nitrogen and oxygen atoms in total. The Morgan fingerprint density at radius 3 is 2.76 bits per heavy atom. The van der Waals surface area contributed by atoms with Crippen LogP contribution in [0.3, 0.4) is 0 Å². The Morgan fingerprint density at radius 2 is 2.29 bits per heavy atom. The molecule has 1 heterocycles. The SMILES string of the molecule is CCC1(CNC(=O)c2ccc(NN)nc2)CC1. The molecule has 0 radical (unpaired) electrons. The molecule has 0 aromatic carbocycles. The second kappa shape index (κ2) is 4.71. The zero-order valence-electron chi connectivity index (χ0n) is 9.99. The number of carbonyl (C=O) groups excluding carboxylic acids is 1. The van der Waals surface area contributed by atoms with E-state index in [2.05, 4.69) is 22.7 Å². The zero-order valence-corrected chi connectivity index (χ0v) is 9.99. The van der Waals surface area contributed by atoms with Crippen LogP contribution in [0.5, 0.6) is 0 Å². The average Bonchev–Trinajstić information content (AvgIpc) is 3.17. The molecule has 1 aliphatic carbocycles. The van der Waals surface area contributed by atoms with Crippen LogP contribution in [0.4, 0.5) is 5.82 Å². The van der Waals surface area contributed by atoms with Crippen molar-refractivity contribution in [3.8, 4) is 0 Å². The maximum atomic E-state index is 11.8. The molecule has 1 amide bonds. The lowest BCUT2D eigenvalue weighted by Gasteiger charge is -2.13. The van der Waals surface area contributed by atoms with Crippen LogP contribution in [0.15, 0.2) is 18.3 Å². The summed E-state index contributed by atoms with van der Waals surface area (Å²) in [5.41, 5.74) is 3.35. The van der Waals surface area contributed by atoms with Crippen molar-refractivity contribution < 1.29 is 4.79 Å². The van der Waals surface area contributed by atoms with E-state index in [1.54, 1.807) is 12.1 Å². The predicted octanol–water partition coefficient (Wildman–Crippen LogP) is 1.29.